The SMILES string of the molecule is CCOC(=O)c1ccc(OC(=O)c2ccc(OCC(C)C)c(Br)c2)cc1. The lowest BCUT2D eigenvalue weighted by molar-refractivity contribution is 0.0526. The van der Waals surface area contributed by atoms with E-state index in [-0.39, 0.29) is 0 Å². The van der Waals surface area contributed by atoms with Crippen molar-refractivity contribution in [1.29, 1.82) is 0 Å². The molecule has 26 heavy (non-hydrogen) atoms. The first-order chi connectivity index (χ1) is 12.4. The Kier molecular flexibility index (Phi) is 7.21. The second-order valence-electron chi connectivity index (χ2n) is 5.98. The quantitative estimate of drug-likeness (QED) is 0.471. The summed E-state index contributed by atoms with van der Waals surface area (Å²) in [4.78, 5) is 23.9. The number of hydrogen-bond acceptors (Lipinski definition) is 5. The number of esters is 2. The average molecular weight is 421 g/mol. The molecule has 0 aliphatic carbocycles. The molecule has 0 N–H and O–H groups in total. The van der Waals surface area contributed by atoms with E-state index in [2.05, 4.69) is 29.8 Å². The molecule has 0 aliphatic heterocycles. The van der Waals surface area contributed by atoms with Crippen LogP contribution in [-0.4, -0.2) is 25.2 Å². The number of rotatable bonds is 7. The van der Waals surface area contributed by atoms with Crippen molar-refractivity contribution in [1.82, 2.24) is 0 Å². The van der Waals surface area contributed by atoms with E-state index in [1.165, 1.54) is 0 Å². The second kappa shape index (κ2) is 9.38. The highest BCUT2D eigenvalue weighted by Crippen LogP contribution is 2.27. The predicted molar refractivity (Wildman–Crippen MR) is 102 cm³/mol. The molecule has 5 nitrogen and oxygen atoms in total. The Morgan fingerprint density at radius 3 is 2.23 bits per heavy atom. The van der Waals surface area contributed by atoms with Crippen molar-refractivity contribution in [3.8, 4) is 11.5 Å². The number of hydrogen-bond donors (Lipinski definition) is 0. The Morgan fingerprint density at radius 1 is 1.00 bits per heavy atom. The number of halogens is 1. The van der Waals surface area contributed by atoms with Gasteiger partial charge in [0, 0.05) is 0 Å². The molecule has 0 aliphatic rings. The van der Waals surface area contributed by atoms with Gasteiger partial charge >= 0.3 is 11.9 Å². The molecule has 6 heteroatoms. The van der Waals surface area contributed by atoms with Crippen molar-refractivity contribution >= 4 is 27.9 Å². The number of carbonyl (C=O) groups is 2. The van der Waals surface area contributed by atoms with Crippen LogP contribution >= 0.6 is 15.9 Å². The van der Waals surface area contributed by atoms with Crippen LogP contribution in [0.2, 0.25) is 0 Å². The van der Waals surface area contributed by atoms with E-state index in [4.69, 9.17) is 14.2 Å². The van der Waals surface area contributed by atoms with Gasteiger partial charge in [0.2, 0.25) is 0 Å². The summed E-state index contributed by atoms with van der Waals surface area (Å²) in [7, 11) is 0. The van der Waals surface area contributed by atoms with Crippen LogP contribution < -0.4 is 9.47 Å². The summed E-state index contributed by atoms with van der Waals surface area (Å²) in [6, 6.07) is 11.3. The molecule has 2 aromatic rings. The smallest absolute Gasteiger partial charge is 0.343 e. The molecule has 0 saturated carbocycles. The van der Waals surface area contributed by atoms with Crippen molar-refractivity contribution in [2.75, 3.05) is 13.2 Å². The van der Waals surface area contributed by atoms with Crippen LogP contribution in [0.25, 0.3) is 0 Å². The van der Waals surface area contributed by atoms with E-state index >= 15 is 0 Å². The predicted octanol–water partition coefficient (Wildman–Crippen LogP) is 4.88. The summed E-state index contributed by atoms with van der Waals surface area (Å²) in [5, 5.41) is 0. The first kappa shape index (κ1) is 20.0. The van der Waals surface area contributed by atoms with Crippen molar-refractivity contribution in [2.24, 2.45) is 5.92 Å². The Bertz CT molecular complexity index is 768. The van der Waals surface area contributed by atoms with Crippen LogP contribution in [0.3, 0.4) is 0 Å². The molecule has 0 bridgehead atoms. The monoisotopic (exact) mass is 420 g/mol. The average Bonchev–Trinajstić information content (AvgIpc) is 2.61. The minimum Gasteiger partial charge on any atom is -0.492 e. The summed E-state index contributed by atoms with van der Waals surface area (Å²) in [5.41, 5.74) is 0.796. The van der Waals surface area contributed by atoms with Crippen molar-refractivity contribution in [3.05, 3.63) is 58.1 Å². The summed E-state index contributed by atoms with van der Waals surface area (Å²) in [6.45, 7) is 6.77. The van der Waals surface area contributed by atoms with Gasteiger partial charge in [-0.1, -0.05) is 13.8 Å². The minimum atomic E-state index is -0.495. The topological polar surface area (TPSA) is 61.8 Å². The van der Waals surface area contributed by atoms with Gasteiger partial charge in [-0.3, -0.25) is 0 Å². The molecular weight excluding hydrogens is 400 g/mol. The lowest BCUT2D eigenvalue weighted by atomic mass is 10.2. The van der Waals surface area contributed by atoms with Crippen LogP contribution in [0.15, 0.2) is 46.9 Å². The van der Waals surface area contributed by atoms with E-state index in [0.29, 0.717) is 46.2 Å². The number of benzene rings is 2. The summed E-state index contributed by atoms with van der Waals surface area (Å²) in [6.07, 6.45) is 0. The summed E-state index contributed by atoms with van der Waals surface area (Å²) in [5.74, 6) is 0.522. The second-order valence-corrected chi connectivity index (χ2v) is 6.84. The largest absolute Gasteiger partial charge is 0.492 e. The molecule has 0 fully saturated rings. The van der Waals surface area contributed by atoms with Crippen molar-refractivity contribution in [2.45, 2.75) is 20.8 Å². The molecule has 0 spiro atoms. The van der Waals surface area contributed by atoms with E-state index < -0.39 is 11.9 Å². The molecule has 0 aromatic heterocycles. The fourth-order valence-corrected chi connectivity index (χ4v) is 2.53. The minimum absolute atomic E-state index is 0.307. The zero-order valence-electron chi connectivity index (χ0n) is 15.0. The highest BCUT2D eigenvalue weighted by molar-refractivity contribution is 9.10. The maximum atomic E-state index is 12.3. The van der Waals surface area contributed by atoms with Gasteiger partial charge in [0.25, 0.3) is 0 Å². The van der Waals surface area contributed by atoms with Gasteiger partial charge in [0.05, 0.1) is 28.8 Å². The summed E-state index contributed by atoms with van der Waals surface area (Å²) >= 11 is 3.41. The maximum absolute atomic E-state index is 12.3. The molecule has 0 atom stereocenters. The van der Waals surface area contributed by atoms with Gasteiger partial charge in [0.15, 0.2) is 0 Å². The molecule has 0 radical (unpaired) electrons. The highest BCUT2D eigenvalue weighted by Gasteiger charge is 2.13. The Balaban J connectivity index is 2.03. The zero-order valence-corrected chi connectivity index (χ0v) is 16.5. The molecule has 0 unspecified atom stereocenters. The van der Waals surface area contributed by atoms with Crippen LogP contribution in [-0.2, 0) is 4.74 Å². The molecule has 0 saturated heterocycles. The van der Waals surface area contributed by atoms with Crippen LogP contribution in [0.4, 0.5) is 0 Å². The Morgan fingerprint density at radius 2 is 1.65 bits per heavy atom. The van der Waals surface area contributed by atoms with Gasteiger partial charge < -0.3 is 14.2 Å². The lowest BCUT2D eigenvalue weighted by Crippen LogP contribution is -2.10. The first-order valence-corrected chi connectivity index (χ1v) is 9.11. The Labute approximate surface area is 161 Å². The molecule has 2 rings (SSSR count). The lowest BCUT2D eigenvalue weighted by Gasteiger charge is -2.11. The fraction of sp³-hybridized carbons (Fsp3) is 0.300. The molecular formula is C20H21BrO5. The first-order valence-electron chi connectivity index (χ1n) is 8.32. The van der Waals surface area contributed by atoms with E-state index in [1.807, 2.05) is 0 Å². The molecule has 2 aromatic carbocycles. The van der Waals surface area contributed by atoms with Crippen molar-refractivity contribution in [3.63, 3.8) is 0 Å². The van der Waals surface area contributed by atoms with Gasteiger partial charge in [-0.05, 0) is 71.2 Å². The van der Waals surface area contributed by atoms with Gasteiger partial charge in [0.1, 0.15) is 11.5 Å². The molecule has 138 valence electrons. The summed E-state index contributed by atoms with van der Waals surface area (Å²) < 4.78 is 16.6. The standard InChI is InChI=1S/C20H21BrO5/c1-4-24-19(22)14-5-8-16(9-6-14)26-20(23)15-7-10-18(17(21)11-15)25-12-13(2)3/h5-11,13H,4,12H2,1-3H3. The van der Waals surface area contributed by atoms with E-state index in [1.54, 1.807) is 49.4 Å². The Hall–Kier alpha value is -2.34. The highest BCUT2D eigenvalue weighted by atomic mass is 79.9. The normalized spacial score (nSPS) is 10.5. The fourth-order valence-electron chi connectivity index (χ4n) is 2.04. The third-order valence-electron chi connectivity index (χ3n) is 3.32. The maximum Gasteiger partial charge on any atom is 0.343 e. The zero-order chi connectivity index (χ0) is 19.1. The van der Waals surface area contributed by atoms with Crippen LogP contribution in [0.5, 0.6) is 11.5 Å². The van der Waals surface area contributed by atoms with Gasteiger partial charge in [-0.25, -0.2) is 9.59 Å². The van der Waals surface area contributed by atoms with Gasteiger partial charge in [-0.15, -0.1) is 0 Å². The molecule has 0 heterocycles. The number of ether oxygens (including phenoxy) is 3. The number of carbonyl (C=O) groups excluding carboxylic acids is 2. The van der Waals surface area contributed by atoms with E-state index in [0.717, 1.165) is 0 Å². The van der Waals surface area contributed by atoms with Crippen molar-refractivity contribution < 1.29 is 23.8 Å². The third-order valence-corrected chi connectivity index (χ3v) is 3.94. The molecule has 0 amide bonds. The van der Waals surface area contributed by atoms with Crippen LogP contribution in [0.1, 0.15) is 41.5 Å². The van der Waals surface area contributed by atoms with E-state index in [9.17, 15) is 9.59 Å². The van der Waals surface area contributed by atoms with Gasteiger partial charge in [-0.2, -0.15) is 0 Å². The van der Waals surface area contributed by atoms with Crippen LogP contribution in [0, 0.1) is 5.92 Å². The third kappa shape index (κ3) is 5.59.